The Morgan fingerprint density at radius 2 is 2.33 bits per heavy atom. The average molecular weight is 389 g/mol. The van der Waals surface area contributed by atoms with Gasteiger partial charge in [-0.3, -0.25) is 4.68 Å². The highest BCUT2D eigenvalue weighted by Crippen LogP contribution is 2.49. The van der Waals surface area contributed by atoms with Gasteiger partial charge in [-0.05, 0) is 42.1 Å². The van der Waals surface area contributed by atoms with Crippen molar-refractivity contribution in [2.45, 2.75) is 31.7 Å². The zero-order chi connectivity index (χ0) is 19.0. The minimum absolute atomic E-state index is 0.446. The van der Waals surface area contributed by atoms with Gasteiger partial charge in [-0.2, -0.15) is 22.4 Å². The maximum Gasteiger partial charge on any atom is 0.308 e. The van der Waals surface area contributed by atoms with Crippen molar-refractivity contribution in [2.75, 3.05) is 24.6 Å². The van der Waals surface area contributed by atoms with Crippen LogP contribution in [-0.4, -0.2) is 38.5 Å². The molecule has 0 radical (unpaired) electrons. The Morgan fingerprint density at radius 1 is 1.48 bits per heavy atom. The van der Waals surface area contributed by atoms with Crippen LogP contribution in [0.15, 0.2) is 18.5 Å². The van der Waals surface area contributed by atoms with E-state index in [2.05, 4.69) is 38.9 Å². The number of nitrogens with one attached hydrogen (secondary N) is 1. The van der Waals surface area contributed by atoms with Crippen molar-refractivity contribution in [2.24, 2.45) is 25.9 Å². The van der Waals surface area contributed by atoms with Crippen LogP contribution in [0.1, 0.15) is 36.4 Å². The number of anilines is 1. The Morgan fingerprint density at radius 3 is 3.00 bits per heavy atom. The summed E-state index contributed by atoms with van der Waals surface area (Å²) in [4.78, 5) is 1.93. The Hall–Kier alpha value is -1.80. The first kappa shape index (κ1) is 18.6. The molecule has 0 amide bonds. The number of aromatic nitrogens is 5. The van der Waals surface area contributed by atoms with Gasteiger partial charge in [0.2, 0.25) is 0 Å². The summed E-state index contributed by atoms with van der Waals surface area (Å²) in [6.07, 6.45) is 9.95. The highest BCUT2D eigenvalue weighted by molar-refractivity contribution is 7.80. The van der Waals surface area contributed by atoms with Crippen molar-refractivity contribution in [3.05, 3.63) is 29.7 Å². The molecule has 4 rings (SSSR count). The van der Waals surface area contributed by atoms with E-state index in [9.17, 15) is 0 Å². The molecular formula is C19H30N7S+. The van der Waals surface area contributed by atoms with E-state index in [0.717, 1.165) is 31.6 Å². The van der Waals surface area contributed by atoms with Gasteiger partial charge in [0.25, 0.3) is 0 Å². The first-order valence-corrected chi connectivity index (χ1v) is 10.4. The Bertz CT molecular complexity index is 831. The minimum atomic E-state index is 0.446. The molecule has 3 atom stereocenters. The third-order valence-electron chi connectivity index (χ3n) is 5.82. The molecule has 0 bridgehead atoms. The third-order valence-corrected chi connectivity index (χ3v) is 6.17. The van der Waals surface area contributed by atoms with Crippen molar-refractivity contribution >= 4 is 24.0 Å². The van der Waals surface area contributed by atoms with E-state index in [0.29, 0.717) is 29.3 Å². The fourth-order valence-electron chi connectivity index (χ4n) is 4.27. The van der Waals surface area contributed by atoms with Crippen molar-refractivity contribution in [1.29, 1.82) is 0 Å². The van der Waals surface area contributed by atoms with Crippen molar-refractivity contribution in [3.8, 4) is 0 Å². The zero-order valence-corrected chi connectivity index (χ0v) is 17.1. The van der Waals surface area contributed by atoms with Gasteiger partial charge in [0, 0.05) is 42.9 Å². The van der Waals surface area contributed by atoms with Gasteiger partial charge in [0.15, 0.2) is 5.69 Å². The Balaban J connectivity index is 1.53. The van der Waals surface area contributed by atoms with Crippen LogP contribution >= 0.6 is 12.6 Å². The van der Waals surface area contributed by atoms with Crippen molar-refractivity contribution < 1.29 is 4.68 Å². The van der Waals surface area contributed by atoms with Crippen molar-refractivity contribution in [3.63, 3.8) is 0 Å². The molecule has 1 aliphatic heterocycles. The Labute approximate surface area is 166 Å². The molecule has 146 valence electrons. The molecule has 27 heavy (non-hydrogen) atoms. The van der Waals surface area contributed by atoms with Gasteiger partial charge in [-0.1, -0.05) is 6.08 Å². The molecule has 1 aliphatic carbocycles. The summed E-state index contributed by atoms with van der Waals surface area (Å²) < 4.78 is 4.14. The van der Waals surface area contributed by atoms with Crippen LogP contribution in [0.2, 0.25) is 0 Å². The minimum Gasteiger partial charge on any atom is -0.357 e. The van der Waals surface area contributed by atoms with Gasteiger partial charge in [-0.25, -0.2) is 0 Å². The molecule has 3 unspecified atom stereocenters. The number of hydrogen-bond donors (Lipinski definition) is 3. The fraction of sp³-hybridized carbons (Fsp3) is 0.632. The Kier molecular flexibility index (Phi) is 5.27. The zero-order valence-electron chi connectivity index (χ0n) is 16.2. The maximum absolute atomic E-state index is 6.31. The molecule has 1 saturated heterocycles. The number of nitrogen functional groups attached to an aromatic ring is 1. The number of nitrogens with two attached hydrogens (primary N) is 1. The number of thiol groups is 1. The molecule has 8 heteroatoms. The summed E-state index contributed by atoms with van der Waals surface area (Å²) in [5.74, 6) is 2.98. The SMILES string of the molecule is Cn1cc(C(=CC2CC2c2c(N)nn(C)[n+]2CC2CCCNC2)CS)cn1. The summed E-state index contributed by atoms with van der Waals surface area (Å²) in [7, 11) is 3.94. The molecule has 3 heterocycles. The smallest absolute Gasteiger partial charge is 0.308 e. The number of hydrogen-bond acceptors (Lipinski definition) is 5. The summed E-state index contributed by atoms with van der Waals surface area (Å²) >= 11 is 4.53. The number of rotatable bonds is 6. The highest BCUT2D eigenvalue weighted by atomic mass is 32.1. The summed E-state index contributed by atoms with van der Waals surface area (Å²) in [5.41, 5.74) is 9.91. The molecule has 3 N–H and O–H groups in total. The van der Waals surface area contributed by atoms with Crippen molar-refractivity contribution in [1.82, 2.24) is 25.0 Å². The predicted molar refractivity (Wildman–Crippen MR) is 109 cm³/mol. The van der Waals surface area contributed by atoms with Crippen LogP contribution in [0, 0.1) is 11.8 Å². The molecule has 2 aromatic rings. The first-order valence-electron chi connectivity index (χ1n) is 9.80. The van der Waals surface area contributed by atoms with E-state index in [4.69, 9.17) is 5.73 Å². The molecule has 0 aromatic carbocycles. The predicted octanol–water partition coefficient (Wildman–Crippen LogP) is 1.14. The van der Waals surface area contributed by atoms with E-state index in [1.54, 1.807) is 0 Å². The van der Waals surface area contributed by atoms with Gasteiger partial charge in [0.1, 0.15) is 6.54 Å². The lowest BCUT2D eigenvalue weighted by Crippen LogP contribution is -2.50. The summed E-state index contributed by atoms with van der Waals surface area (Å²) in [6.45, 7) is 3.20. The molecule has 2 aliphatic rings. The van der Waals surface area contributed by atoms with Crippen LogP contribution in [0.3, 0.4) is 0 Å². The quantitative estimate of drug-likeness (QED) is 0.512. The van der Waals surface area contributed by atoms with Crippen LogP contribution in [0.25, 0.3) is 5.57 Å². The van der Waals surface area contributed by atoms with Gasteiger partial charge in [0.05, 0.1) is 18.3 Å². The number of aryl methyl sites for hydroxylation is 2. The second kappa shape index (κ2) is 7.67. The monoisotopic (exact) mass is 388 g/mol. The molecule has 7 nitrogen and oxygen atoms in total. The molecular weight excluding hydrogens is 358 g/mol. The standard InChI is InChI=1S/C19H29N7S/c1-24-11-16(9-22-24)15(12-27)6-14-7-17(14)18-19(20)23-25(2)26(18)10-13-4-3-5-21-8-13/h6,9,11,13-14,17,21H,3-5,7-8,10,12H2,1-2H3,(H2-,20,23,27)/p+1. The fourth-order valence-corrected chi connectivity index (χ4v) is 4.56. The highest BCUT2D eigenvalue weighted by Gasteiger charge is 2.46. The van der Waals surface area contributed by atoms with Crippen LogP contribution < -0.4 is 15.7 Å². The molecule has 0 spiro atoms. The lowest BCUT2D eigenvalue weighted by molar-refractivity contribution is -0.788. The van der Waals surface area contributed by atoms with E-state index < -0.39 is 0 Å². The lowest BCUT2D eigenvalue weighted by atomic mass is 9.99. The summed E-state index contributed by atoms with van der Waals surface area (Å²) in [6, 6.07) is 0. The first-order chi connectivity index (χ1) is 13.1. The normalized spacial score (nSPS) is 25.7. The lowest BCUT2D eigenvalue weighted by Gasteiger charge is -2.21. The second-order valence-electron chi connectivity index (χ2n) is 7.91. The average Bonchev–Trinajstić information content (AvgIpc) is 3.17. The summed E-state index contributed by atoms with van der Waals surface area (Å²) in [5, 5.41) is 12.3. The van der Waals surface area contributed by atoms with Crippen LogP contribution in [-0.2, 0) is 20.6 Å². The number of allylic oxidation sites excluding steroid dienone is 1. The maximum atomic E-state index is 6.31. The molecule has 2 aromatic heterocycles. The topological polar surface area (TPSA) is 77.6 Å². The van der Waals surface area contributed by atoms with Gasteiger partial charge < -0.3 is 11.1 Å². The van der Waals surface area contributed by atoms with E-state index in [-0.39, 0.29) is 0 Å². The number of nitrogens with zero attached hydrogens (tertiary/aromatic N) is 5. The van der Waals surface area contributed by atoms with Crippen LogP contribution in [0.4, 0.5) is 5.82 Å². The van der Waals surface area contributed by atoms with E-state index in [1.165, 1.54) is 24.1 Å². The third kappa shape index (κ3) is 3.91. The van der Waals surface area contributed by atoms with E-state index >= 15 is 0 Å². The molecule has 1 saturated carbocycles. The largest absolute Gasteiger partial charge is 0.357 e. The van der Waals surface area contributed by atoms with Gasteiger partial charge >= 0.3 is 5.82 Å². The van der Waals surface area contributed by atoms with Gasteiger partial charge in [-0.15, -0.1) is 0 Å². The van der Waals surface area contributed by atoms with E-state index in [1.807, 2.05) is 36.0 Å². The second-order valence-corrected chi connectivity index (χ2v) is 8.23. The van der Waals surface area contributed by atoms with Crippen LogP contribution in [0.5, 0.6) is 0 Å². The molecule has 2 fully saturated rings. The number of piperidine rings is 1.